The van der Waals surface area contributed by atoms with Crippen LogP contribution in [0.5, 0.6) is 0 Å². The lowest BCUT2D eigenvalue weighted by Crippen LogP contribution is -2.24. The van der Waals surface area contributed by atoms with Crippen LogP contribution >= 0.6 is 0 Å². The van der Waals surface area contributed by atoms with E-state index in [2.05, 4.69) is 15.4 Å². The molecule has 0 saturated carbocycles. The summed E-state index contributed by atoms with van der Waals surface area (Å²) in [6, 6.07) is 5.81. The van der Waals surface area contributed by atoms with Gasteiger partial charge in [0.05, 0.1) is 36.2 Å². The first kappa shape index (κ1) is 22.7. The zero-order valence-corrected chi connectivity index (χ0v) is 17.5. The topological polar surface area (TPSA) is 124 Å². The van der Waals surface area contributed by atoms with Gasteiger partial charge in [0.2, 0.25) is 11.7 Å². The fourth-order valence-electron chi connectivity index (χ4n) is 2.42. The van der Waals surface area contributed by atoms with E-state index in [-0.39, 0.29) is 29.3 Å². The minimum Gasteiger partial charge on any atom is -0.465 e. The number of carbonyl (C=O) groups excluding carboxylic acids is 4. The summed E-state index contributed by atoms with van der Waals surface area (Å²) in [4.78, 5) is 47.7. The summed E-state index contributed by atoms with van der Waals surface area (Å²) >= 11 is 0. The Morgan fingerprint density at radius 2 is 1.70 bits per heavy atom. The highest BCUT2D eigenvalue weighted by Crippen LogP contribution is 2.25. The van der Waals surface area contributed by atoms with Crippen LogP contribution in [0.25, 0.3) is 0 Å². The second-order valence-corrected chi connectivity index (χ2v) is 7.41. The molecule has 1 heterocycles. The maximum Gasteiger partial charge on any atom is 0.341 e. The van der Waals surface area contributed by atoms with Crippen molar-refractivity contribution in [3.8, 4) is 0 Å². The summed E-state index contributed by atoms with van der Waals surface area (Å²) in [5, 5.41) is 5.51. The first-order valence-electron chi connectivity index (χ1n) is 9.09. The van der Waals surface area contributed by atoms with Crippen LogP contribution in [-0.2, 0) is 14.3 Å². The van der Waals surface area contributed by atoms with E-state index < -0.39 is 23.3 Å². The van der Waals surface area contributed by atoms with Crippen LogP contribution in [0.4, 0.5) is 11.4 Å². The fourth-order valence-corrected chi connectivity index (χ4v) is 2.42. The van der Waals surface area contributed by atoms with Crippen molar-refractivity contribution >= 4 is 35.0 Å². The summed E-state index contributed by atoms with van der Waals surface area (Å²) in [5.74, 6) is -1.96. The quantitative estimate of drug-likeness (QED) is 0.521. The van der Waals surface area contributed by atoms with E-state index in [0.717, 1.165) is 6.26 Å². The summed E-state index contributed by atoms with van der Waals surface area (Å²) in [6.45, 7) is 6.38. The number of benzene rings is 1. The van der Waals surface area contributed by atoms with Crippen molar-refractivity contribution in [2.45, 2.75) is 33.3 Å². The van der Waals surface area contributed by atoms with Crippen molar-refractivity contribution < 1.29 is 33.1 Å². The number of esters is 2. The minimum absolute atomic E-state index is 0.0349. The lowest BCUT2D eigenvalue weighted by molar-refractivity contribution is -0.114. The van der Waals surface area contributed by atoms with E-state index in [9.17, 15) is 19.2 Å². The molecule has 9 heteroatoms. The molecule has 1 aromatic carbocycles. The van der Waals surface area contributed by atoms with E-state index in [1.54, 1.807) is 20.8 Å². The first-order valence-corrected chi connectivity index (χ1v) is 9.09. The summed E-state index contributed by atoms with van der Waals surface area (Å²) in [6.07, 6.45) is 1.13. The maximum atomic E-state index is 12.4. The number of methoxy groups -OCH3 is 1. The standard InChI is InChI=1S/C21H24N2O7/c1-12(24)23-15-7-6-13(20(27)30-21(2,3)4)8-16(15)22-10-17(25)18-9-14(11-29-18)19(26)28-5/h6-9,11,22H,10H2,1-5H3,(H,23,24). The van der Waals surface area contributed by atoms with Gasteiger partial charge in [-0.25, -0.2) is 9.59 Å². The van der Waals surface area contributed by atoms with E-state index in [1.807, 2.05) is 0 Å². The minimum atomic E-state index is -0.673. The van der Waals surface area contributed by atoms with Crippen LogP contribution in [0.3, 0.4) is 0 Å². The Balaban J connectivity index is 2.20. The number of Topliss-reactive ketones (excluding diaryl/α,β-unsaturated/α-hetero) is 1. The number of furan rings is 1. The molecule has 0 aliphatic rings. The van der Waals surface area contributed by atoms with Gasteiger partial charge in [0.25, 0.3) is 0 Å². The molecule has 2 rings (SSSR count). The van der Waals surface area contributed by atoms with Gasteiger partial charge in [-0.2, -0.15) is 0 Å². The van der Waals surface area contributed by atoms with Gasteiger partial charge in [-0.1, -0.05) is 0 Å². The number of nitrogens with one attached hydrogen (secondary N) is 2. The maximum absolute atomic E-state index is 12.4. The summed E-state index contributed by atoms with van der Waals surface area (Å²) < 4.78 is 15.0. The molecule has 0 bridgehead atoms. The zero-order chi connectivity index (χ0) is 22.5. The van der Waals surface area contributed by atoms with Crippen LogP contribution in [0.1, 0.15) is 59.0 Å². The number of anilines is 2. The second-order valence-electron chi connectivity index (χ2n) is 7.41. The molecule has 0 spiro atoms. The highest BCUT2D eigenvalue weighted by atomic mass is 16.6. The molecule has 30 heavy (non-hydrogen) atoms. The van der Waals surface area contributed by atoms with Crippen molar-refractivity contribution in [2.24, 2.45) is 0 Å². The largest absolute Gasteiger partial charge is 0.465 e. The van der Waals surface area contributed by atoms with Gasteiger partial charge >= 0.3 is 11.9 Å². The van der Waals surface area contributed by atoms with Gasteiger partial charge in [-0.15, -0.1) is 0 Å². The third kappa shape index (κ3) is 6.20. The average Bonchev–Trinajstić information content (AvgIpc) is 3.14. The number of ketones is 1. The number of hydrogen-bond donors (Lipinski definition) is 2. The van der Waals surface area contributed by atoms with Gasteiger partial charge < -0.3 is 24.5 Å². The van der Waals surface area contributed by atoms with E-state index >= 15 is 0 Å². The molecule has 2 aromatic rings. The Kier molecular flexibility index (Phi) is 6.99. The SMILES string of the molecule is COC(=O)c1coc(C(=O)CNc2cc(C(=O)OC(C)(C)C)ccc2NC(C)=O)c1. The molecule has 160 valence electrons. The van der Waals surface area contributed by atoms with Gasteiger partial charge in [0.15, 0.2) is 5.76 Å². The van der Waals surface area contributed by atoms with Crippen LogP contribution in [0.15, 0.2) is 34.9 Å². The van der Waals surface area contributed by atoms with Crippen molar-refractivity contribution in [1.82, 2.24) is 0 Å². The molecular formula is C21H24N2O7. The lowest BCUT2D eigenvalue weighted by Gasteiger charge is -2.20. The zero-order valence-electron chi connectivity index (χ0n) is 17.5. The number of ether oxygens (including phenoxy) is 2. The number of hydrogen-bond acceptors (Lipinski definition) is 8. The Hall–Kier alpha value is -3.62. The average molecular weight is 416 g/mol. The molecule has 0 unspecified atom stereocenters. The number of rotatable bonds is 7. The van der Waals surface area contributed by atoms with Crippen LogP contribution in [0, 0.1) is 0 Å². The van der Waals surface area contributed by atoms with Crippen molar-refractivity contribution in [1.29, 1.82) is 0 Å². The van der Waals surface area contributed by atoms with Crippen molar-refractivity contribution in [2.75, 3.05) is 24.3 Å². The van der Waals surface area contributed by atoms with E-state index in [4.69, 9.17) is 9.15 Å². The third-order valence-corrected chi connectivity index (χ3v) is 3.70. The molecule has 0 aliphatic heterocycles. The van der Waals surface area contributed by atoms with Gasteiger partial charge in [-0.3, -0.25) is 9.59 Å². The Morgan fingerprint density at radius 3 is 2.30 bits per heavy atom. The van der Waals surface area contributed by atoms with E-state index in [1.165, 1.54) is 38.3 Å². The molecular weight excluding hydrogens is 392 g/mol. The van der Waals surface area contributed by atoms with Crippen LogP contribution < -0.4 is 10.6 Å². The second kappa shape index (κ2) is 9.25. The molecule has 0 fully saturated rings. The predicted molar refractivity (Wildman–Crippen MR) is 109 cm³/mol. The van der Waals surface area contributed by atoms with Gasteiger partial charge in [0.1, 0.15) is 11.9 Å². The fraction of sp³-hybridized carbons (Fsp3) is 0.333. The van der Waals surface area contributed by atoms with Gasteiger partial charge in [0, 0.05) is 13.0 Å². The molecule has 2 N–H and O–H groups in total. The molecule has 0 aliphatic carbocycles. The van der Waals surface area contributed by atoms with Gasteiger partial charge in [-0.05, 0) is 39.0 Å². The molecule has 0 saturated heterocycles. The number of amides is 1. The molecule has 0 radical (unpaired) electrons. The Labute approximate surface area is 173 Å². The first-order chi connectivity index (χ1) is 14.0. The Morgan fingerprint density at radius 1 is 1.00 bits per heavy atom. The third-order valence-electron chi connectivity index (χ3n) is 3.70. The Bertz CT molecular complexity index is 970. The summed E-state index contributed by atoms with van der Waals surface area (Å²) in [7, 11) is 1.22. The van der Waals surface area contributed by atoms with Crippen molar-refractivity contribution in [3.05, 3.63) is 47.4 Å². The normalized spacial score (nSPS) is 10.8. The predicted octanol–water partition coefficient (Wildman–Crippen LogP) is 3.27. The molecule has 1 aromatic heterocycles. The summed E-state index contributed by atoms with van der Waals surface area (Å²) in [5.41, 5.74) is 0.429. The van der Waals surface area contributed by atoms with Crippen LogP contribution in [0.2, 0.25) is 0 Å². The highest BCUT2D eigenvalue weighted by molar-refractivity contribution is 6.01. The van der Waals surface area contributed by atoms with E-state index in [0.29, 0.717) is 11.4 Å². The van der Waals surface area contributed by atoms with Crippen LogP contribution in [-0.4, -0.2) is 42.9 Å². The smallest absolute Gasteiger partial charge is 0.341 e. The molecule has 1 amide bonds. The molecule has 0 atom stereocenters. The monoisotopic (exact) mass is 416 g/mol. The van der Waals surface area contributed by atoms with Crippen molar-refractivity contribution in [3.63, 3.8) is 0 Å². The number of carbonyl (C=O) groups is 4. The highest BCUT2D eigenvalue weighted by Gasteiger charge is 2.20. The molecule has 9 nitrogen and oxygen atoms in total. The lowest BCUT2D eigenvalue weighted by atomic mass is 10.1.